The molecule has 5 heteroatoms. The number of aliphatic hydroxyl groups excluding tert-OH is 1. The van der Waals surface area contributed by atoms with Gasteiger partial charge in [0.05, 0.1) is 0 Å². The lowest BCUT2D eigenvalue weighted by Crippen LogP contribution is -2.18. The van der Waals surface area contributed by atoms with Gasteiger partial charge in [0.1, 0.15) is 0 Å². The maximum absolute atomic E-state index is 10.8. The molecular formula is C6H11NO3P+. The zero-order chi connectivity index (χ0) is 8.85. The van der Waals surface area contributed by atoms with Crippen LogP contribution in [-0.2, 0) is 9.09 Å². The van der Waals surface area contributed by atoms with Crippen molar-refractivity contribution in [3.8, 4) is 0 Å². The van der Waals surface area contributed by atoms with E-state index < -0.39 is 20.1 Å². The van der Waals surface area contributed by atoms with Crippen molar-refractivity contribution in [1.82, 2.24) is 0 Å². The molecule has 0 aromatic carbocycles. The van der Waals surface area contributed by atoms with E-state index in [0.29, 0.717) is 0 Å². The number of rotatable bonds is 5. The molecule has 0 spiro atoms. The minimum atomic E-state index is -2.20. The van der Waals surface area contributed by atoms with Crippen LogP contribution in [0.25, 0.3) is 0 Å². The van der Waals surface area contributed by atoms with Crippen LogP contribution < -0.4 is 5.73 Å². The smallest absolute Gasteiger partial charge is 0.345 e. The largest absolute Gasteiger partial charge is 0.546 e. The topological polar surface area (TPSA) is 72.5 Å². The van der Waals surface area contributed by atoms with Crippen molar-refractivity contribution in [3.63, 3.8) is 0 Å². The highest BCUT2D eigenvalue weighted by Gasteiger charge is 2.29. The van der Waals surface area contributed by atoms with Gasteiger partial charge >= 0.3 is 13.9 Å². The molecule has 3 unspecified atom stereocenters. The van der Waals surface area contributed by atoms with Crippen LogP contribution in [0, 0.1) is 0 Å². The van der Waals surface area contributed by atoms with Gasteiger partial charge < -0.3 is 5.11 Å². The quantitative estimate of drug-likeness (QED) is 0.367. The molecule has 0 radical (unpaired) electrons. The Hall–Kier alpha value is -0.540. The summed E-state index contributed by atoms with van der Waals surface area (Å²) in [4.78, 5) is 0. The highest BCUT2D eigenvalue weighted by Crippen LogP contribution is 2.28. The van der Waals surface area contributed by atoms with Gasteiger partial charge in [-0.15, -0.1) is 4.52 Å². The Morgan fingerprint density at radius 3 is 2.45 bits per heavy atom. The molecule has 3 N–H and O–H groups in total. The zero-order valence-electron chi connectivity index (χ0n) is 6.01. The molecule has 0 aromatic heterocycles. The minimum absolute atomic E-state index is 0.812. The van der Waals surface area contributed by atoms with Crippen molar-refractivity contribution >= 4 is 8.03 Å². The van der Waals surface area contributed by atoms with Crippen LogP contribution in [0.5, 0.6) is 0 Å². The van der Waals surface area contributed by atoms with Gasteiger partial charge in [-0.25, -0.2) is 0 Å². The van der Waals surface area contributed by atoms with Gasteiger partial charge in [-0.05, 0) is 16.7 Å². The summed E-state index contributed by atoms with van der Waals surface area (Å²) in [6.07, 6.45) is 1.59. The monoisotopic (exact) mass is 176 g/mol. The SMILES string of the molecule is C=CC(N)O[P+](=O)C(O)C=C. The van der Waals surface area contributed by atoms with Gasteiger partial charge in [0, 0.05) is 0 Å². The third-order valence-corrected chi connectivity index (χ3v) is 1.98. The van der Waals surface area contributed by atoms with Crippen molar-refractivity contribution < 1.29 is 14.2 Å². The summed E-state index contributed by atoms with van der Waals surface area (Å²) in [5, 5.41) is 8.85. The summed E-state index contributed by atoms with van der Waals surface area (Å²) in [7, 11) is -2.20. The van der Waals surface area contributed by atoms with Gasteiger partial charge in [0.25, 0.3) is 0 Å². The van der Waals surface area contributed by atoms with Gasteiger partial charge in [-0.2, -0.15) is 0 Å². The third kappa shape index (κ3) is 4.01. The van der Waals surface area contributed by atoms with E-state index in [0.717, 1.165) is 6.08 Å². The Morgan fingerprint density at radius 1 is 1.55 bits per heavy atom. The fraction of sp³-hybridized carbons (Fsp3) is 0.333. The van der Waals surface area contributed by atoms with Crippen LogP contribution in [0.15, 0.2) is 25.3 Å². The Balaban J connectivity index is 3.86. The molecule has 0 aliphatic carbocycles. The molecule has 0 heterocycles. The van der Waals surface area contributed by atoms with Crippen LogP contribution in [0.3, 0.4) is 0 Å². The minimum Gasteiger partial charge on any atom is -0.345 e. The summed E-state index contributed by atoms with van der Waals surface area (Å²) in [6, 6.07) is 0. The number of hydrogen-bond donors (Lipinski definition) is 2. The fourth-order valence-electron chi connectivity index (χ4n) is 0.311. The molecule has 0 bridgehead atoms. The summed E-state index contributed by atoms with van der Waals surface area (Å²) in [6.45, 7) is 6.55. The van der Waals surface area contributed by atoms with Crippen LogP contribution in [0.2, 0.25) is 0 Å². The first-order chi connectivity index (χ1) is 5.11. The summed E-state index contributed by atoms with van der Waals surface area (Å²) in [5.41, 5.74) is 5.20. The first kappa shape index (κ1) is 10.5. The van der Waals surface area contributed by atoms with E-state index in [1.165, 1.54) is 6.08 Å². The molecule has 3 atom stereocenters. The van der Waals surface area contributed by atoms with E-state index in [2.05, 4.69) is 17.7 Å². The average Bonchev–Trinajstić information content (AvgIpc) is 2.02. The van der Waals surface area contributed by atoms with Crippen LogP contribution in [-0.4, -0.2) is 17.2 Å². The predicted molar refractivity (Wildman–Crippen MR) is 43.1 cm³/mol. The van der Waals surface area contributed by atoms with Crippen molar-refractivity contribution in [1.29, 1.82) is 0 Å². The second kappa shape index (κ2) is 5.16. The summed E-state index contributed by atoms with van der Waals surface area (Å²) < 4.78 is 15.4. The lowest BCUT2D eigenvalue weighted by atomic mass is 10.6. The molecule has 0 rings (SSSR count). The van der Waals surface area contributed by atoms with Crippen LogP contribution in [0.4, 0.5) is 0 Å². The standard InChI is InChI=1S/C6H11NO3P/c1-3-5(7)10-11(9)6(8)4-2/h3-6,8H,1-2,7H2/q+1. The second-order valence-corrected chi connectivity index (χ2v) is 3.05. The maximum Gasteiger partial charge on any atom is 0.546 e. The van der Waals surface area contributed by atoms with E-state index in [4.69, 9.17) is 10.8 Å². The van der Waals surface area contributed by atoms with Crippen molar-refractivity contribution in [3.05, 3.63) is 25.3 Å². The average molecular weight is 176 g/mol. The van der Waals surface area contributed by atoms with Gasteiger partial charge in [0.2, 0.25) is 0 Å². The zero-order valence-corrected chi connectivity index (χ0v) is 6.91. The normalized spacial score (nSPS) is 16.7. The molecule has 0 aliphatic heterocycles. The van der Waals surface area contributed by atoms with E-state index >= 15 is 0 Å². The second-order valence-electron chi connectivity index (χ2n) is 1.74. The van der Waals surface area contributed by atoms with Crippen LogP contribution >= 0.6 is 8.03 Å². The summed E-state index contributed by atoms with van der Waals surface area (Å²) in [5.74, 6) is -1.17. The van der Waals surface area contributed by atoms with Crippen molar-refractivity contribution in [2.45, 2.75) is 12.1 Å². The van der Waals surface area contributed by atoms with E-state index in [1.54, 1.807) is 0 Å². The van der Waals surface area contributed by atoms with E-state index in [1.807, 2.05) is 0 Å². The molecular weight excluding hydrogens is 165 g/mol. The molecule has 0 amide bonds. The number of hydrogen-bond acceptors (Lipinski definition) is 4. The molecule has 0 aliphatic rings. The molecule has 0 aromatic rings. The third-order valence-electron chi connectivity index (χ3n) is 0.885. The Labute approximate surface area is 66.2 Å². The van der Waals surface area contributed by atoms with Gasteiger partial charge in [0.15, 0.2) is 6.23 Å². The first-order valence-electron chi connectivity index (χ1n) is 2.93. The van der Waals surface area contributed by atoms with Gasteiger partial charge in [-0.1, -0.05) is 13.2 Å². The van der Waals surface area contributed by atoms with Gasteiger partial charge in [-0.3, -0.25) is 5.73 Å². The highest BCUT2D eigenvalue weighted by molar-refractivity contribution is 7.40. The Bertz CT molecular complexity index is 171. The van der Waals surface area contributed by atoms with Crippen LogP contribution in [0.1, 0.15) is 0 Å². The predicted octanol–water partition coefficient (Wildman–Crippen LogP) is 0.721. The Morgan fingerprint density at radius 2 is 2.09 bits per heavy atom. The molecule has 0 fully saturated rings. The van der Waals surface area contributed by atoms with E-state index in [9.17, 15) is 4.57 Å². The van der Waals surface area contributed by atoms with Crippen molar-refractivity contribution in [2.75, 3.05) is 0 Å². The summed E-state index contributed by atoms with van der Waals surface area (Å²) >= 11 is 0. The molecule has 4 nitrogen and oxygen atoms in total. The molecule has 62 valence electrons. The fourth-order valence-corrected chi connectivity index (χ4v) is 0.934. The Kier molecular flexibility index (Phi) is 4.90. The highest BCUT2D eigenvalue weighted by atomic mass is 31.1. The molecule has 0 saturated heterocycles. The molecule has 0 saturated carbocycles. The molecule has 11 heavy (non-hydrogen) atoms. The maximum atomic E-state index is 10.8. The first-order valence-corrected chi connectivity index (χ1v) is 4.18. The van der Waals surface area contributed by atoms with Crippen molar-refractivity contribution in [2.24, 2.45) is 5.73 Å². The number of aliphatic hydroxyl groups is 1. The number of nitrogens with two attached hydrogens (primary N) is 1. The lowest BCUT2D eigenvalue weighted by molar-refractivity contribution is 0.225. The lowest BCUT2D eigenvalue weighted by Gasteiger charge is -1.96. The van der Waals surface area contributed by atoms with E-state index in [-0.39, 0.29) is 0 Å².